The molecular weight excluding hydrogens is 422 g/mol. The highest BCUT2D eigenvalue weighted by Crippen LogP contribution is 2.37. The van der Waals surface area contributed by atoms with Gasteiger partial charge in [-0.15, -0.1) is 0 Å². The summed E-state index contributed by atoms with van der Waals surface area (Å²) >= 11 is 13.1. The predicted molar refractivity (Wildman–Crippen MR) is 124 cm³/mol. The van der Waals surface area contributed by atoms with E-state index in [1.807, 2.05) is 59.5 Å². The van der Waals surface area contributed by atoms with Gasteiger partial charge in [-0.1, -0.05) is 85.2 Å². The Morgan fingerprint density at radius 1 is 1.14 bits per heavy atom. The fourth-order valence-electron chi connectivity index (χ4n) is 3.76. The topological polar surface area (TPSA) is 29.5 Å². The molecule has 1 aliphatic carbocycles. The molecule has 0 aromatic heterocycles. The van der Waals surface area contributed by atoms with Gasteiger partial charge in [0.25, 0.3) is 5.91 Å². The van der Waals surface area contributed by atoms with Crippen LogP contribution in [-0.4, -0.2) is 21.2 Å². The summed E-state index contributed by atoms with van der Waals surface area (Å²) in [6.45, 7) is 0.396. The summed E-state index contributed by atoms with van der Waals surface area (Å²) in [6, 6.07) is 15.6. The third kappa shape index (κ3) is 4.85. The summed E-state index contributed by atoms with van der Waals surface area (Å²) in [5.74, 6) is 0.774. The van der Waals surface area contributed by atoms with Crippen molar-refractivity contribution >= 4 is 51.9 Å². The Balaban J connectivity index is 1.47. The van der Waals surface area contributed by atoms with E-state index in [2.05, 4.69) is 0 Å². The number of hydrogen-bond donors (Lipinski definition) is 0. The van der Waals surface area contributed by atoms with Crippen LogP contribution in [0.25, 0.3) is 6.08 Å². The van der Waals surface area contributed by atoms with Crippen molar-refractivity contribution in [1.82, 2.24) is 4.90 Å². The van der Waals surface area contributed by atoms with Gasteiger partial charge in [0, 0.05) is 16.6 Å². The lowest BCUT2D eigenvalue weighted by Gasteiger charge is -2.29. The van der Waals surface area contributed by atoms with Gasteiger partial charge in [0.1, 0.15) is 16.7 Å². The van der Waals surface area contributed by atoms with Crippen molar-refractivity contribution in [2.24, 2.45) is 0 Å². The van der Waals surface area contributed by atoms with E-state index in [0.717, 1.165) is 29.7 Å². The number of carbonyl (C=O) groups excluding carboxylic acids is 1. The van der Waals surface area contributed by atoms with Crippen LogP contribution in [0.1, 0.15) is 43.2 Å². The molecule has 1 saturated heterocycles. The summed E-state index contributed by atoms with van der Waals surface area (Å²) < 4.78 is 6.58. The number of rotatable bonds is 5. The number of ether oxygens (including phenoxy) is 1. The summed E-state index contributed by atoms with van der Waals surface area (Å²) in [5.41, 5.74) is 1.86. The molecule has 29 heavy (non-hydrogen) atoms. The van der Waals surface area contributed by atoms with Crippen LogP contribution in [0.5, 0.6) is 5.75 Å². The molecule has 1 amide bonds. The summed E-state index contributed by atoms with van der Waals surface area (Å²) in [7, 11) is 0. The third-order valence-corrected chi connectivity index (χ3v) is 6.97. The first kappa shape index (κ1) is 20.5. The molecule has 0 bridgehead atoms. The van der Waals surface area contributed by atoms with Crippen molar-refractivity contribution < 1.29 is 9.53 Å². The number of halogens is 1. The smallest absolute Gasteiger partial charge is 0.266 e. The van der Waals surface area contributed by atoms with Crippen LogP contribution in [0.3, 0.4) is 0 Å². The summed E-state index contributed by atoms with van der Waals surface area (Å²) in [5, 5.41) is 0.690. The van der Waals surface area contributed by atoms with Crippen LogP contribution in [-0.2, 0) is 11.4 Å². The quantitative estimate of drug-likeness (QED) is 0.392. The van der Waals surface area contributed by atoms with Gasteiger partial charge >= 0.3 is 0 Å². The first-order valence-electron chi connectivity index (χ1n) is 9.85. The van der Waals surface area contributed by atoms with Crippen molar-refractivity contribution in [1.29, 1.82) is 0 Å². The van der Waals surface area contributed by atoms with Crippen molar-refractivity contribution in [3.8, 4) is 5.75 Å². The molecule has 0 atom stereocenters. The molecule has 0 unspecified atom stereocenters. The number of thiocarbonyl (C=S) groups is 1. The molecule has 150 valence electrons. The third-order valence-electron chi connectivity index (χ3n) is 5.27. The van der Waals surface area contributed by atoms with E-state index < -0.39 is 0 Å². The zero-order valence-electron chi connectivity index (χ0n) is 16.0. The molecule has 0 radical (unpaired) electrons. The Bertz CT molecular complexity index is 953. The van der Waals surface area contributed by atoms with Gasteiger partial charge in [-0.25, -0.2) is 0 Å². The highest BCUT2D eigenvalue weighted by molar-refractivity contribution is 8.26. The maximum absolute atomic E-state index is 13.0. The van der Waals surface area contributed by atoms with E-state index in [-0.39, 0.29) is 11.9 Å². The maximum Gasteiger partial charge on any atom is 0.266 e. The van der Waals surface area contributed by atoms with Gasteiger partial charge in [0.2, 0.25) is 0 Å². The average molecular weight is 444 g/mol. The molecule has 0 N–H and O–H groups in total. The SMILES string of the molecule is O=C1/C(=C\c2cccc(OCc3ccccc3Cl)c2)SC(=S)N1C1CCCCC1. The number of nitrogens with zero attached hydrogens (tertiary/aromatic N) is 1. The molecule has 2 aromatic carbocycles. The van der Waals surface area contributed by atoms with Crippen molar-refractivity contribution in [2.75, 3.05) is 0 Å². The molecule has 2 aromatic rings. The first-order chi connectivity index (χ1) is 14.1. The predicted octanol–water partition coefficient (Wildman–Crippen LogP) is 6.45. The van der Waals surface area contributed by atoms with Gasteiger partial charge in [-0.3, -0.25) is 9.69 Å². The van der Waals surface area contributed by atoms with Gasteiger partial charge in [-0.2, -0.15) is 0 Å². The highest BCUT2D eigenvalue weighted by Gasteiger charge is 2.37. The van der Waals surface area contributed by atoms with Crippen LogP contribution in [0.15, 0.2) is 53.4 Å². The van der Waals surface area contributed by atoms with E-state index >= 15 is 0 Å². The summed E-state index contributed by atoms with van der Waals surface area (Å²) in [4.78, 5) is 15.5. The van der Waals surface area contributed by atoms with Crippen molar-refractivity contribution in [3.05, 3.63) is 69.6 Å². The zero-order valence-corrected chi connectivity index (χ0v) is 18.4. The lowest BCUT2D eigenvalue weighted by atomic mass is 9.94. The van der Waals surface area contributed by atoms with Crippen LogP contribution < -0.4 is 4.74 Å². The Morgan fingerprint density at radius 2 is 1.93 bits per heavy atom. The second kappa shape index (κ2) is 9.33. The van der Waals surface area contributed by atoms with E-state index in [4.69, 9.17) is 28.6 Å². The van der Waals surface area contributed by atoms with E-state index in [1.165, 1.54) is 31.0 Å². The number of thioether (sulfide) groups is 1. The molecule has 3 nitrogen and oxygen atoms in total. The molecular formula is C23H22ClNO2S2. The van der Waals surface area contributed by atoms with E-state index in [9.17, 15) is 4.79 Å². The number of amides is 1. The van der Waals surface area contributed by atoms with Gasteiger partial charge in [0.05, 0.1) is 4.91 Å². The van der Waals surface area contributed by atoms with Gasteiger partial charge in [-0.05, 0) is 42.7 Å². The van der Waals surface area contributed by atoms with Gasteiger partial charge in [0.15, 0.2) is 0 Å². The number of benzene rings is 2. The minimum atomic E-state index is 0.0364. The van der Waals surface area contributed by atoms with E-state index in [1.54, 1.807) is 0 Å². The lowest BCUT2D eigenvalue weighted by Crippen LogP contribution is -2.39. The fraction of sp³-hybridized carbons (Fsp3) is 0.304. The normalized spacial score (nSPS) is 19.2. The number of hydrogen-bond acceptors (Lipinski definition) is 4. The second-order valence-corrected chi connectivity index (χ2v) is 9.38. The van der Waals surface area contributed by atoms with Crippen molar-refractivity contribution in [2.45, 2.75) is 44.8 Å². The standard InChI is InChI=1S/C23H22ClNO2S2/c24-20-12-5-4-8-17(20)15-27-19-11-6-7-16(13-19)14-21-22(26)25(23(28)29-21)18-9-2-1-3-10-18/h4-8,11-14,18H,1-3,9-10,15H2/b21-14+. The van der Waals surface area contributed by atoms with Crippen LogP contribution in [0.2, 0.25) is 5.02 Å². The summed E-state index contributed by atoms with van der Waals surface area (Å²) in [6.07, 6.45) is 7.60. The second-order valence-electron chi connectivity index (χ2n) is 7.30. The molecule has 2 fully saturated rings. The Morgan fingerprint density at radius 3 is 2.72 bits per heavy atom. The van der Waals surface area contributed by atoms with Crippen LogP contribution in [0.4, 0.5) is 0 Å². The first-order valence-corrected chi connectivity index (χ1v) is 11.5. The highest BCUT2D eigenvalue weighted by atomic mass is 35.5. The Kier molecular flexibility index (Phi) is 6.58. The average Bonchev–Trinajstić information content (AvgIpc) is 3.01. The minimum absolute atomic E-state index is 0.0364. The van der Waals surface area contributed by atoms with Crippen LogP contribution >= 0.6 is 35.6 Å². The molecule has 1 saturated carbocycles. The Hall–Kier alpha value is -1.82. The molecule has 1 aliphatic heterocycles. The molecule has 6 heteroatoms. The minimum Gasteiger partial charge on any atom is -0.489 e. The number of carbonyl (C=O) groups is 1. The largest absolute Gasteiger partial charge is 0.489 e. The van der Waals surface area contributed by atoms with Gasteiger partial charge < -0.3 is 4.74 Å². The van der Waals surface area contributed by atoms with Crippen molar-refractivity contribution in [3.63, 3.8) is 0 Å². The zero-order chi connectivity index (χ0) is 20.2. The van der Waals surface area contributed by atoms with Crippen LogP contribution in [0, 0.1) is 0 Å². The lowest BCUT2D eigenvalue weighted by molar-refractivity contribution is -0.124. The molecule has 4 rings (SSSR count). The maximum atomic E-state index is 13.0. The molecule has 0 spiro atoms. The van der Waals surface area contributed by atoms with E-state index in [0.29, 0.717) is 20.9 Å². The Labute approximate surface area is 186 Å². The molecule has 2 aliphatic rings. The fourth-order valence-corrected chi connectivity index (χ4v) is 5.35. The molecule has 1 heterocycles. The monoisotopic (exact) mass is 443 g/mol.